The minimum Gasteiger partial charge on any atom is -0.356 e. The van der Waals surface area contributed by atoms with Crippen LogP contribution < -0.4 is 0 Å². The van der Waals surface area contributed by atoms with Gasteiger partial charge >= 0.3 is 0 Å². The average molecular weight is 406 g/mol. The third-order valence-electron chi connectivity index (χ3n) is 5.45. The summed E-state index contributed by atoms with van der Waals surface area (Å²) >= 11 is 6.44. The highest BCUT2D eigenvalue weighted by molar-refractivity contribution is 6.31. The molecular weight excluding hydrogens is 389 g/mol. The van der Waals surface area contributed by atoms with Gasteiger partial charge in [0.2, 0.25) is 0 Å². The van der Waals surface area contributed by atoms with E-state index in [2.05, 4.69) is 9.97 Å². The summed E-state index contributed by atoms with van der Waals surface area (Å²) < 4.78 is 15.0. The lowest BCUT2D eigenvalue weighted by atomic mass is 9.91. The first-order valence-electron chi connectivity index (χ1n) is 9.40. The Bertz CT molecular complexity index is 1200. The number of carbonyl (C=O) groups excluding carboxylic acids is 1. The summed E-state index contributed by atoms with van der Waals surface area (Å²) in [4.78, 5) is 22.6. The predicted molar refractivity (Wildman–Crippen MR) is 111 cm³/mol. The lowest BCUT2D eigenvalue weighted by molar-refractivity contribution is 0.0683. The molecule has 6 heteroatoms. The second-order valence-electron chi connectivity index (χ2n) is 7.06. The SMILES string of the molecule is O=C(c1ccccn1)N1CCc2c([nH]c3ccccc23)C1c1c(F)cccc1Cl. The molecule has 4 aromatic rings. The van der Waals surface area contributed by atoms with E-state index in [-0.39, 0.29) is 5.91 Å². The van der Waals surface area contributed by atoms with Gasteiger partial charge < -0.3 is 9.88 Å². The predicted octanol–water partition coefficient (Wildman–Crippen LogP) is 5.14. The molecule has 2 aromatic heterocycles. The Morgan fingerprint density at radius 3 is 2.72 bits per heavy atom. The lowest BCUT2D eigenvalue weighted by Gasteiger charge is -2.36. The third-order valence-corrected chi connectivity index (χ3v) is 5.78. The topological polar surface area (TPSA) is 49.0 Å². The van der Waals surface area contributed by atoms with Gasteiger partial charge in [-0.2, -0.15) is 0 Å². The number of amides is 1. The summed E-state index contributed by atoms with van der Waals surface area (Å²) in [7, 11) is 0. The molecule has 144 valence electrons. The van der Waals surface area contributed by atoms with E-state index in [1.807, 2.05) is 24.3 Å². The number of para-hydroxylation sites is 1. The van der Waals surface area contributed by atoms with Gasteiger partial charge in [0.25, 0.3) is 5.91 Å². The number of fused-ring (bicyclic) bond motifs is 3. The van der Waals surface area contributed by atoms with E-state index in [1.165, 1.54) is 6.07 Å². The van der Waals surface area contributed by atoms with Crippen molar-refractivity contribution in [2.45, 2.75) is 12.5 Å². The molecule has 5 rings (SSSR count). The van der Waals surface area contributed by atoms with Crippen LogP contribution in [0.5, 0.6) is 0 Å². The van der Waals surface area contributed by atoms with Gasteiger partial charge in [-0.15, -0.1) is 0 Å². The molecule has 1 unspecified atom stereocenters. The van der Waals surface area contributed by atoms with E-state index in [1.54, 1.807) is 41.4 Å². The van der Waals surface area contributed by atoms with E-state index in [0.29, 0.717) is 29.2 Å². The molecule has 0 saturated carbocycles. The fourth-order valence-corrected chi connectivity index (χ4v) is 4.43. The largest absolute Gasteiger partial charge is 0.356 e. The van der Waals surface area contributed by atoms with Crippen LogP contribution in [-0.4, -0.2) is 27.3 Å². The van der Waals surface area contributed by atoms with Crippen molar-refractivity contribution >= 4 is 28.4 Å². The molecule has 0 fully saturated rings. The first-order chi connectivity index (χ1) is 14.1. The Balaban J connectivity index is 1.73. The summed E-state index contributed by atoms with van der Waals surface area (Å²) in [6, 6.07) is 17.1. The third kappa shape index (κ3) is 2.89. The minimum absolute atomic E-state index is 0.251. The molecule has 1 aliphatic heterocycles. The molecule has 4 nitrogen and oxygen atoms in total. The fraction of sp³-hybridized carbons (Fsp3) is 0.130. The Hall–Kier alpha value is -3.18. The van der Waals surface area contributed by atoms with Crippen LogP contribution in [0.1, 0.15) is 33.4 Å². The van der Waals surface area contributed by atoms with Gasteiger partial charge in [-0.05, 0) is 42.3 Å². The molecule has 1 N–H and O–H groups in total. The van der Waals surface area contributed by atoms with Gasteiger partial charge in [-0.3, -0.25) is 9.78 Å². The number of carbonyl (C=O) groups is 1. The second kappa shape index (κ2) is 7.01. The number of benzene rings is 2. The number of nitrogens with one attached hydrogen (secondary N) is 1. The summed E-state index contributed by atoms with van der Waals surface area (Å²) in [6.45, 7) is 0.444. The number of H-pyrrole nitrogens is 1. The van der Waals surface area contributed by atoms with Crippen LogP contribution in [-0.2, 0) is 6.42 Å². The van der Waals surface area contributed by atoms with Crippen molar-refractivity contribution in [3.05, 3.63) is 100 Å². The standard InChI is InChI=1S/C23H17ClFN3O/c24-16-7-5-8-17(25)20(16)22-21-15(14-6-1-2-9-18(14)27-21)11-13-28(22)23(29)19-10-3-4-12-26-19/h1-10,12,22,27H,11,13H2. The van der Waals surface area contributed by atoms with E-state index >= 15 is 0 Å². The fourth-order valence-electron chi connectivity index (χ4n) is 4.17. The maximum absolute atomic E-state index is 15.0. The summed E-state index contributed by atoms with van der Waals surface area (Å²) in [5.74, 6) is -0.688. The number of nitrogens with zero attached hydrogens (tertiary/aromatic N) is 2. The van der Waals surface area contributed by atoms with Gasteiger partial charge in [-0.25, -0.2) is 4.39 Å². The van der Waals surface area contributed by atoms with Gasteiger partial charge in [0.15, 0.2) is 0 Å². The van der Waals surface area contributed by atoms with Crippen LogP contribution in [0, 0.1) is 5.82 Å². The van der Waals surface area contributed by atoms with Gasteiger partial charge in [-0.1, -0.05) is 41.9 Å². The molecule has 0 radical (unpaired) electrons. The van der Waals surface area contributed by atoms with Crippen molar-refractivity contribution < 1.29 is 9.18 Å². The highest BCUT2D eigenvalue weighted by Gasteiger charge is 2.37. The number of rotatable bonds is 2. The summed E-state index contributed by atoms with van der Waals surface area (Å²) in [5.41, 5.74) is 3.47. The number of aromatic nitrogens is 2. The monoisotopic (exact) mass is 405 g/mol. The van der Waals surface area contributed by atoms with E-state index < -0.39 is 11.9 Å². The summed E-state index contributed by atoms with van der Waals surface area (Å²) in [6.07, 6.45) is 2.25. The average Bonchev–Trinajstić information content (AvgIpc) is 3.13. The van der Waals surface area contributed by atoms with Crippen molar-refractivity contribution in [2.75, 3.05) is 6.54 Å². The molecule has 29 heavy (non-hydrogen) atoms. The van der Waals surface area contributed by atoms with Crippen LogP contribution in [0.3, 0.4) is 0 Å². The first kappa shape index (κ1) is 17.9. The highest BCUT2D eigenvalue weighted by Crippen LogP contribution is 2.42. The second-order valence-corrected chi connectivity index (χ2v) is 7.47. The van der Waals surface area contributed by atoms with E-state index in [9.17, 15) is 9.18 Å². The maximum Gasteiger partial charge on any atom is 0.273 e. The zero-order valence-corrected chi connectivity index (χ0v) is 16.2. The zero-order chi connectivity index (χ0) is 20.0. The number of hydrogen-bond donors (Lipinski definition) is 1. The van der Waals surface area contributed by atoms with Crippen LogP contribution in [0.2, 0.25) is 5.02 Å². The molecule has 0 spiro atoms. The molecule has 0 saturated heterocycles. The van der Waals surface area contributed by atoms with Crippen molar-refractivity contribution in [1.82, 2.24) is 14.9 Å². The minimum atomic E-state index is -0.658. The van der Waals surface area contributed by atoms with Crippen LogP contribution in [0.25, 0.3) is 10.9 Å². The highest BCUT2D eigenvalue weighted by atomic mass is 35.5. The zero-order valence-electron chi connectivity index (χ0n) is 15.4. The number of pyridine rings is 1. The molecule has 0 aliphatic carbocycles. The van der Waals surface area contributed by atoms with E-state index in [4.69, 9.17) is 11.6 Å². The smallest absolute Gasteiger partial charge is 0.273 e. The maximum atomic E-state index is 15.0. The molecule has 1 atom stereocenters. The van der Waals surface area contributed by atoms with Gasteiger partial charge in [0.1, 0.15) is 17.6 Å². The van der Waals surface area contributed by atoms with Crippen molar-refractivity contribution in [1.29, 1.82) is 0 Å². The number of aromatic amines is 1. The Morgan fingerprint density at radius 1 is 1.10 bits per heavy atom. The van der Waals surface area contributed by atoms with Crippen LogP contribution in [0.4, 0.5) is 4.39 Å². The molecule has 2 aromatic carbocycles. The molecule has 1 amide bonds. The Kier molecular flexibility index (Phi) is 4.32. The molecular formula is C23H17ClFN3O. The quantitative estimate of drug-likeness (QED) is 0.501. The number of hydrogen-bond acceptors (Lipinski definition) is 2. The van der Waals surface area contributed by atoms with Crippen LogP contribution in [0.15, 0.2) is 66.9 Å². The first-order valence-corrected chi connectivity index (χ1v) is 9.78. The van der Waals surface area contributed by atoms with Crippen LogP contribution >= 0.6 is 11.6 Å². The Morgan fingerprint density at radius 2 is 1.93 bits per heavy atom. The summed E-state index contributed by atoms with van der Waals surface area (Å²) in [5, 5.41) is 1.38. The van der Waals surface area contributed by atoms with Crippen molar-refractivity contribution in [2.24, 2.45) is 0 Å². The Labute approximate surface area is 172 Å². The van der Waals surface area contributed by atoms with E-state index in [0.717, 1.165) is 22.2 Å². The van der Waals surface area contributed by atoms with Gasteiger partial charge in [0, 0.05) is 39.9 Å². The van der Waals surface area contributed by atoms with Crippen molar-refractivity contribution in [3.8, 4) is 0 Å². The lowest BCUT2D eigenvalue weighted by Crippen LogP contribution is -2.41. The normalized spacial score (nSPS) is 16.1. The van der Waals surface area contributed by atoms with Crippen molar-refractivity contribution in [3.63, 3.8) is 0 Å². The number of halogens is 2. The molecule has 3 heterocycles. The molecule has 0 bridgehead atoms. The molecule has 1 aliphatic rings. The van der Waals surface area contributed by atoms with Gasteiger partial charge in [0.05, 0.1) is 0 Å².